The highest BCUT2D eigenvalue weighted by Crippen LogP contribution is 2.29. The summed E-state index contributed by atoms with van der Waals surface area (Å²) in [5.74, 6) is 0.0672. The van der Waals surface area contributed by atoms with Crippen LogP contribution in [0.5, 0.6) is 5.75 Å². The van der Waals surface area contributed by atoms with Crippen LogP contribution in [0, 0.1) is 0 Å². The SMILES string of the molecule is O=S(=O)(NCc1ccccc1)c1cccc2c(O)cccc12. The van der Waals surface area contributed by atoms with Crippen molar-refractivity contribution in [3.8, 4) is 5.75 Å². The van der Waals surface area contributed by atoms with Crippen molar-refractivity contribution >= 4 is 20.8 Å². The number of hydrogen-bond acceptors (Lipinski definition) is 3. The summed E-state index contributed by atoms with van der Waals surface area (Å²) in [5, 5.41) is 10.9. The summed E-state index contributed by atoms with van der Waals surface area (Å²) < 4.78 is 27.7. The van der Waals surface area contributed by atoms with Crippen molar-refractivity contribution in [2.45, 2.75) is 11.4 Å². The van der Waals surface area contributed by atoms with Crippen LogP contribution in [0.1, 0.15) is 5.56 Å². The zero-order chi connectivity index (χ0) is 15.6. The number of rotatable bonds is 4. The van der Waals surface area contributed by atoms with E-state index in [4.69, 9.17) is 0 Å². The third-order valence-electron chi connectivity index (χ3n) is 3.46. The van der Waals surface area contributed by atoms with Crippen molar-refractivity contribution in [3.05, 3.63) is 72.3 Å². The normalized spacial score (nSPS) is 11.6. The van der Waals surface area contributed by atoms with Gasteiger partial charge in [0.15, 0.2) is 0 Å². The van der Waals surface area contributed by atoms with E-state index in [1.165, 1.54) is 12.1 Å². The van der Waals surface area contributed by atoms with E-state index in [1.807, 2.05) is 30.3 Å². The van der Waals surface area contributed by atoms with E-state index in [0.717, 1.165) is 5.56 Å². The van der Waals surface area contributed by atoms with Gasteiger partial charge in [-0.05, 0) is 17.7 Å². The molecule has 112 valence electrons. The molecular weight excluding hydrogens is 298 g/mol. The molecule has 3 aromatic rings. The molecule has 0 radical (unpaired) electrons. The number of nitrogens with one attached hydrogen (secondary N) is 1. The predicted molar refractivity (Wildman–Crippen MR) is 86.1 cm³/mol. The van der Waals surface area contributed by atoms with Crippen LogP contribution in [-0.4, -0.2) is 13.5 Å². The molecule has 0 aliphatic rings. The van der Waals surface area contributed by atoms with Crippen LogP contribution < -0.4 is 4.72 Å². The molecule has 5 heteroatoms. The highest BCUT2D eigenvalue weighted by molar-refractivity contribution is 7.89. The summed E-state index contributed by atoms with van der Waals surface area (Å²) >= 11 is 0. The monoisotopic (exact) mass is 313 g/mol. The Morgan fingerprint density at radius 1 is 0.818 bits per heavy atom. The van der Waals surface area contributed by atoms with E-state index in [2.05, 4.69) is 4.72 Å². The second-order valence-corrected chi connectivity index (χ2v) is 6.67. The molecular formula is C17H15NO3S. The third kappa shape index (κ3) is 2.81. The minimum absolute atomic E-state index is 0.0672. The first-order chi connectivity index (χ1) is 10.6. The molecule has 0 aliphatic carbocycles. The molecule has 0 saturated carbocycles. The lowest BCUT2D eigenvalue weighted by Gasteiger charge is -2.10. The number of aromatic hydroxyl groups is 1. The maximum atomic E-state index is 12.5. The van der Waals surface area contributed by atoms with Crippen molar-refractivity contribution in [2.24, 2.45) is 0 Å². The van der Waals surface area contributed by atoms with Gasteiger partial charge in [-0.25, -0.2) is 13.1 Å². The van der Waals surface area contributed by atoms with Crippen LogP contribution in [0.3, 0.4) is 0 Å². The van der Waals surface area contributed by atoms with Gasteiger partial charge in [0, 0.05) is 17.3 Å². The van der Waals surface area contributed by atoms with Gasteiger partial charge in [0.25, 0.3) is 0 Å². The molecule has 0 spiro atoms. The Balaban J connectivity index is 1.97. The fraction of sp³-hybridized carbons (Fsp3) is 0.0588. The molecule has 0 aromatic heterocycles. The maximum Gasteiger partial charge on any atom is 0.241 e. The summed E-state index contributed by atoms with van der Waals surface area (Å²) in [6.45, 7) is 0.221. The molecule has 0 atom stereocenters. The zero-order valence-electron chi connectivity index (χ0n) is 11.7. The number of phenols is 1. The van der Waals surface area contributed by atoms with Gasteiger partial charge in [-0.15, -0.1) is 0 Å². The molecule has 22 heavy (non-hydrogen) atoms. The van der Waals surface area contributed by atoms with Crippen molar-refractivity contribution in [1.82, 2.24) is 4.72 Å². The van der Waals surface area contributed by atoms with Crippen LogP contribution >= 0.6 is 0 Å². The van der Waals surface area contributed by atoms with Gasteiger partial charge in [0.1, 0.15) is 5.75 Å². The first-order valence-corrected chi connectivity index (χ1v) is 8.30. The molecule has 0 fully saturated rings. The average molecular weight is 313 g/mol. The Hall–Kier alpha value is -2.37. The Morgan fingerprint density at radius 3 is 2.27 bits per heavy atom. The van der Waals surface area contributed by atoms with Crippen molar-refractivity contribution < 1.29 is 13.5 Å². The molecule has 0 unspecified atom stereocenters. The van der Waals surface area contributed by atoms with E-state index in [9.17, 15) is 13.5 Å². The molecule has 2 N–H and O–H groups in total. The topological polar surface area (TPSA) is 66.4 Å². The first-order valence-electron chi connectivity index (χ1n) is 6.82. The molecule has 0 aliphatic heterocycles. The van der Waals surface area contributed by atoms with E-state index in [0.29, 0.717) is 10.8 Å². The smallest absolute Gasteiger partial charge is 0.241 e. The van der Waals surface area contributed by atoms with E-state index in [1.54, 1.807) is 24.3 Å². The molecule has 0 bridgehead atoms. The minimum Gasteiger partial charge on any atom is -0.507 e. The van der Waals surface area contributed by atoms with Crippen LogP contribution in [0.15, 0.2) is 71.6 Å². The summed E-state index contributed by atoms with van der Waals surface area (Å²) in [7, 11) is -3.66. The van der Waals surface area contributed by atoms with E-state index >= 15 is 0 Å². The molecule has 3 aromatic carbocycles. The summed E-state index contributed by atoms with van der Waals surface area (Å²) in [4.78, 5) is 0.164. The second kappa shape index (κ2) is 5.79. The number of hydrogen-bond donors (Lipinski definition) is 2. The van der Waals surface area contributed by atoms with E-state index in [-0.39, 0.29) is 17.2 Å². The Bertz CT molecular complexity index is 906. The molecule has 3 rings (SSSR count). The third-order valence-corrected chi connectivity index (χ3v) is 4.92. The van der Waals surface area contributed by atoms with Crippen LogP contribution in [-0.2, 0) is 16.6 Å². The fourth-order valence-electron chi connectivity index (χ4n) is 2.35. The Kier molecular flexibility index (Phi) is 3.83. The van der Waals surface area contributed by atoms with Gasteiger partial charge in [-0.1, -0.05) is 54.6 Å². The van der Waals surface area contributed by atoms with Gasteiger partial charge in [0.05, 0.1) is 4.90 Å². The van der Waals surface area contributed by atoms with Crippen LogP contribution in [0.25, 0.3) is 10.8 Å². The number of benzene rings is 3. The van der Waals surface area contributed by atoms with Gasteiger partial charge in [-0.3, -0.25) is 0 Å². The fourth-order valence-corrected chi connectivity index (χ4v) is 3.59. The van der Waals surface area contributed by atoms with E-state index < -0.39 is 10.0 Å². The van der Waals surface area contributed by atoms with Crippen molar-refractivity contribution in [1.29, 1.82) is 0 Å². The Morgan fingerprint density at radius 2 is 1.50 bits per heavy atom. The standard InChI is InChI=1S/C17H15NO3S/c19-16-10-4-9-15-14(16)8-5-11-17(15)22(20,21)18-12-13-6-2-1-3-7-13/h1-11,18-19H,12H2. The lowest BCUT2D eigenvalue weighted by atomic mass is 10.1. The predicted octanol–water partition coefficient (Wildman–Crippen LogP) is 3.02. The average Bonchev–Trinajstić information content (AvgIpc) is 2.54. The van der Waals surface area contributed by atoms with Crippen LogP contribution in [0.4, 0.5) is 0 Å². The van der Waals surface area contributed by atoms with Gasteiger partial charge >= 0.3 is 0 Å². The molecule has 4 nitrogen and oxygen atoms in total. The number of fused-ring (bicyclic) bond motifs is 1. The number of phenolic OH excluding ortho intramolecular Hbond substituents is 1. The van der Waals surface area contributed by atoms with Gasteiger partial charge in [-0.2, -0.15) is 0 Å². The highest BCUT2D eigenvalue weighted by atomic mass is 32.2. The van der Waals surface area contributed by atoms with Gasteiger partial charge < -0.3 is 5.11 Å². The second-order valence-electron chi connectivity index (χ2n) is 4.94. The Labute approximate surface area is 129 Å². The largest absolute Gasteiger partial charge is 0.507 e. The molecule has 0 saturated heterocycles. The highest BCUT2D eigenvalue weighted by Gasteiger charge is 2.17. The summed E-state index contributed by atoms with van der Waals surface area (Å²) in [6.07, 6.45) is 0. The van der Waals surface area contributed by atoms with Crippen LogP contribution in [0.2, 0.25) is 0 Å². The minimum atomic E-state index is -3.66. The summed E-state index contributed by atoms with van der Waals surface area (Å²) in [6, 6.07) is 19.0. The summed E-state index contributed by atoms with van der Waals surface area (Å²) in [5.41, 5.74) is 0.883. The number of sulfonamides is 1. The molecule has 0 heterocycles. The van der Waals surface area contributed by atoms with Crippen molar-refractivity contribution in [3.63, 3.8) is 0 Å². The maximum absolute atomic E-state index is 12.5. The van der Waals surface area contributed by atoms with Crippen molar-refractivity contribution in [2.75, 3.05) is 0 Å². The van der Waals surface area contributed by atoms with Gasteiger partial charge in [0.2, 0.25) is 10.0 Å². The zero-order valence-corrected chi connectivity index (χ0v) is 12.5. The molecule has 0 amide bonds. The lowest BCUT2D eigenvalue weighted by molar-refractivity contribution is 0.481. The first kappa shape index (κ1) is 14.6. The quantitative estimate of drug-likeness (QED) is 0.778. The lowest BCUT2D eigenvalue weighted by Crippen LogP contribution is -2.23.